The first-order valence-corrected chi connectivity index (χ1v) is 12.8. The van der Waals surface area contributed by atoms with E-state index < -0.39 is 0 Å². The molecule has 9 heteroatoms. The molecule has 3 heterocycles. The molecule has 0 spiro atoms. The molecular weight excluding hydrogens is 498 g/mol. The molecule has 0 N–H and O–H groups in total. The Morgan fingerprint density at radius 2 is 1.86 bits per heavy atom. The number of thioether (sulfide) groups is 1. The van der Waals surface area contributed by atoms with Crippen molar-refractivity contribution in [3.05, 3.63) is 86.8 Å². The SMILES string of the molecule is COc1ccc(-n2c(SCC(=O)c3ccc(Cl)cc3)nc3nc4c(cc3c2=O)COC(C)(C)C4)cc1. The van der Waals surface area contributed by atoms with Crippen molar-refractivity contribution in [1.29, 1.82) is 0 Å². The van der Waals surface area contributed by atoms with Crippen molar-refractivity contribution < 1.29 is 14.3 Å². The predicted octanol–water partition coefficient (Wildman–Crippen LogP) is 5.27. The third kappa shape index (κ3) is 4.89. The molecule has 5 rings (SSSR count). The van der Waals surface area contributed by atoms with Crippen LogP contribution in [0.1, 0.15) is 35.5 Å². The molecule has 0 atom stereocenters. The summed E-state index contributed by atoms with van der Waals surface area (Å²) in [4.78, 5) is 36.1. The number of aromatic nitrogens is 3. The van der Waals surface area contributed by atoms with Gasteiger partial charge in [0, 0.05) is 22.6 Å². The van der Waals surface area contributed by atoms with Crippen LogP contribution in [0.15, 0.2) is 64.5 Å². The summed E-state index contributed by atoms with van der Waals surface area (Å²) in [6.07, 6.45) is 0.624. The minimum atomic E-state index is -0.339. The third-order valence-corrected chi connectivity index (χ3v) is 7.23. The fourth-order valence-corrected chi connectivity index (χ4v) is 5.10. The van der Waals surface area contributed by atoms with E-state index in [9.17, 15) is 9.59 Å². The number of hydrogen-bond acceptors (Lipinski definition) is 7. The Balaban J connectivity index is 1.60. The van der Waals surface area contributed by atoms with Gasteiger partial charge in [0.2, 0.25) is 0 Å². The highest BCUT2D eigenvalue weighted by Crippen LogP contribution is 2.29. The lowest BCUT2D eigenvalue weighted by Crippen LogP contribution is -2.33. The minimum Gasteiger partial charge on any atom is -0.497 e. The van der Waals surface area contributed by atoms with E-state index in [4.69, 9.17) is 31.0 Å². The van der Waals surface area contributed by atoms with Crippen molar-refractivity contribution in [2.45, 2.75) is 37.6 Å². The van der Waals surface area contributed by atoms with Gasteiger partial charge >= 0.3 is 0 Å². The molecule has 0 fully saturated rings. The molecule has 0 aliphatic carbocycles. The number of methoxy groups -OCH3 is 1. The normalized spacial score (nSPS) is 14.4. The highest BCUT2D eigenvalue weighted by Gasteiger charge is 2.28. The molecule has 1 aliphatic heterocycles. The summed E-state index contributed by atoms with van der Waals surface area (Å²) in [5.41, 5.74) is 2.69. The molecule has 2 aromatic heterocycles. The van der Waals surface area contributed by atoms with Gasteiger partial charge in [-0.2, -0.15) is 0 Å². The standard InChI is InChI=1S/C27H24ClN3O4S/c1-27(2)13-22-17(14-35-27)12-21-24(29-22)30-26(36-15-23(32)16-4-6-18(28)7-5-16)31(25(21)33)19-8-10-20(34-3)11-9-19/h4-12H,13-15H2,1-3H3. The molecule has 184 valence electrons. The molecular formula is C27H24ClN3O4S. The number of halogens is 1. The third-order valence-electron chi connectivity index (χ3n) is 6.04. The van der Waals surface area contributed by atoms with Gasteiger partial charge in [0.1, 0.15) is 5.75 Å². The van der Waals surface area contributed by atoms with E-state index in [2.05, 4.69) is 0 Å². The van der Waals surface area contributed by atoms with Crippen molar-refractivity contribution in [3.63, 3.8) is 0 Å². The Morgan fingerprint density at radius 1 is 1.14 bits per heavy atom. The molecule has 0 saturated heterocycles. The molecule has 0 radical (unpaired) electrons. The average Bonchev–Trinajstić information content (AvgIpc) is 2.86. The van der Waals surface area contributed by atoms with E-state index >= 15 is 0 Å². The summed E-state index contributed by atoms with van der Waals surface area (Å²) in [5, 5.41) is 1.35. The van der Waals surface area contributed by atoms with Crippen molar-refractivity contribution in [1.82, 2.24) is 14.5 Å². The van der Waals surface area contributed by atoms with Crippen LogP contribution in [0, 0.1) is 0 Å². The number of ketones is 1. The van der Waals surface area contributed by atoms with Gasteiger partial charge in [0.15, 0.2) is 16.6 Å². The molecule has 0 unspecified atom stereocenters. The lowest BCUT2D eigenvalue weighted by Gasteiger charge is -2.31. The number of rotatable bonds is 6. The van der Waals surface area contributed by atoms with E-state index in [1.165, 1.54) is 16.3 Å². The molecule has 1 aliphatic rings. The maximum Gasteiger partial charge on any atom is 0.268 e. The second kappa shape index (κ2) is 9.69. The zero-order valence-electron chi connectivity index (χ0n) is 20.1. The summed E-state index contributed by atoms with van der Waals surface area (Å²) in [6, 6.07) is 15.7. The second-order valence-electron chi connectivity index (χ2n) is 9.14. The van der Waals surface area contributed by atoms with Gasteiger partial charge in [-0.25, -0.2) is 9.97 Å². The van der Waals surface area contributed by atoms with E-state index in [0.29, 0.717) is 51.2 Å². The van der Waals surface area contributed by atoms with Crippen molar-refractivity contribution in [3.8, 4) is 11.4 Å². The number of Topliss-reactive ketones (excluding diaryl/α,β-unsaturated/α-hetero) is 1. The first kappa shape index (κ1) is 24.5. The van der Waals surface area contributed by atoms with Crippen LogP contribution in [0.2, 0.25) is 5.02 Å². The van der Waals surface area contributed by atoms with Crippen LogP contribution in [0.25, 0.3) is 16.7 Å². The van der Waals surface area contributed by atoms with Gasteiger partial charge in [-0.3, -0.25) is 14.2 Å². The summed E-state index contributed by atoms with van der Waals surface area (Å²) in [5.74, 6) is 0.675. The van der Waals surface area contributed by atoms with Gasteiger partial charge in [0.05, 0.1) is 41.8 Å². The van der Waals surface area contributed by atoms with Crippen LogP contribution in [-0.4, -0.2) is 38.8 Å². The van der Waals surface area contributed by atoms with Crippen molar-refractivity contribution in [2.75, 3.05) is 12.9 Å². The zero-order chi connectivity index (χ0) is 25.4. The van der Waals surface area contributed by atoms with E-state index in [0.717, 1.165) is 11.3 Å². The molecule has 4 aromatic rings. The number of carbonyl (C=O) groups excluding carboxylic acids is 1. The molecule has 7 nitrogen and oxygen atoms in total. The zero-order valence-corrected chi connectivity index (χ0v) is 21.7. The predicted molar refractivity (Wildman–Crippen MR) is 141 cm³/mol. The maximum absolute atomic E-state index is 13.8. The molecule has 0 amide bonds. The fraction of sp³-hybridized carbons (Fsp3) is 0.259. The summed E-state index contributed by atoms with van der Waals surface area (Å²) >= 11 is 7.15. The van der Waals surface area contributed by atoms with Crippen LogP contribution in [0.5, 0.6) is 5.75 Å². The van der Waals surface area contributed by atoms with E-state index in [1.807, 2.05) is 19.9 Å². The lowest BCUT2D eigenvalue weighted by molar-refractivity contribution is -0.0411. The lowest BCUT2D eigenvalue weighted by atomic mass is 9.95. The van der Waals surface area contributed by atoms with Gasteiger partial charge in [-0.05, 0) is 68.4 Å². The largest absolute Gasteiger partial charge is 0.497 e. The number of ether oxygens (including phenoxy) is 2. The Bertz CT molecular complexity index is 1520. The highest BCUT2D eigenvalue weighted by atomic mass is 35.5. The second-order valence-corrected chi connectivity index (χ2v) is 10.5. The number of pyridine rings is 1. The summed E-state index contributed by atoms with van der Waals surface area (Å²) in [7, 11) is 1.58. The van der Waals surface area contributed by atoms with Crippen molar-refractivity contribution >= 4 is 40.2 Å². The molecule has 2 aromatic carbocycles. The summed E-state index contributed by atoms with van der Waals surface area (Å²) < 4.78 is 12.7. The number of nitrogens with zero attached hydrogens (tertiary/aromatic N) is 3. The highest BCUT2D eigenvalue weighted by molar-refractivity contribution is 7.99. The number of carbonyl (C=O) groups is 1. The van der Waals surface area contributed by atoms with Gasteiger partial charge < -0.3 is 9.47 Å². The van der Waals surface area contributed by atoms with Crippen LogP contribution in [-0.2, 0) is 17.8 Å². The van der Waals surface area contributed by atoms with Crippen molar-refractivity contribution in [2.24, 2.45) is 0 Å². The van der Waals surface area contributed by atoms with E-state index in [1.54, 1.807) is 55.6 Å². The Kier molecular flexibility index (Phi) is 6.59. The van der Waals surface area contributed by atoms with Crippen LogP contribution in [0.3, 0.4) is 0 Å². The smallest absolute Gasteiger partial charge is 0.268 e. The molecule has 0 bridgehead atoms. The molecule has 0 saturated carbocycles. The summed E-state index contributed by atoms with van der Waals surface area (Å²) in [6.45, 7) is 4.42. The topological polar surface area (TPSA) is 83.3 Å². The fourth-order valence-electron chi connectivity index (χ4n) is 4.08. The van der Waals surface area contributed by atoms with Crippen LogP contribution < -0.4 is 10.3 Å². The van der Waals surface area contributed by atoms with Crippen LogP contribution in [0.4, 0.5) is 0 Å². The maximum atomic E-state index is 13.8. The minimum absolute atomic E-state index is 0.0930. The Morgan fingerprint density at radius 3 is 2.56 bits per heavy atom. The Hall–Kier alpha value is -3.20. The number of benzene rings is 2. The quantitative estimate of drug-likeness (QED) is 0.194. The first-order valence-electron chi connectivity index (χ1n) is 11.4. The molecule has 36 heavy (non-hydrogen) atoms. The van der Waals surface area contributed by atoms with Gasteiger partial charge in [-0.15, -0.1) is 0 Å². The number of hydrogen-bond donors (Lipinski definition) is 0. The average molecular weight is 522 g/mol. The van der Waals surface area contributed by atoms with E-state index in [-0.39, 0.29) is 22.7 Å². The Labute approximate surface area is 217 Å². The first-order chi connectivity index (χ1) is 17.2. The van der Waals surface area contributed by atoms with Gasteiger partial charge in [-0.1, -0.05) is 23.4 Å². The number of fused-ring (bicyclic) bond motifs is 2. The van der Waals surface area contributed by atoms with Gasteiger partial charge in [0.25, 0.3) is 5.56 Å². The van der Waals surface area contributed by atoms with Crippen LogP contribution >= 0.6 is 23.4 Å². The monoisotopic (exact) mass is 521 g/mol.